The second kappa shape index (κ2) is 6.85. The number of hydrogen-bond donors (Lipinski definition) is 2. The zero-order valence-corrected chi connectivity index (χ0v) is 11.5. The van der Waals surface area contributed by atoms with Crippen molar-refractivity contribution in [1.29, 1.82) is 0 Å². The van der Waals surface area contributed by atoms with E-state index in [-0.39, 0.29) is 12.2 Å². The molecule has 1 aromatic carbocycles. The number of aliphatic hydroxyl groups is 1. The van der Waals surface area contributed by atoms with Crippen LogP contribution in [0.1, 0.15) is 15.9 Å². The predicted molar refractivity (Wildman–Crippen MR) is 74.4 cm³/mol. The molecule has 0 spiro atoms. The number of ether oxygens (including phenoxy) is 1. The third kappa shape index (κ3) is 3.79. The van der Waals surface area contributed by atoms with Gasteiger partial charge in [0.1, 0.15) is 5.82 Å². The molecule has 0 radical (unpaired) electrons. The number of carbonyl (C=O) groups excluding carboxylic acids is 1. The Morgan fingerprint density at radius 1 is 1.52 bits per heavy atom. The summed E-state index contributed by atoms with van der Waals surface area (Å²) in [5, 5.41) is 16.0. The van der Waals surface area contributed by atoms with Crippen LogP contribution in [-0.4, -0.2) is 34.6 Å². The van der Waals surface area contributed by atoms with E-state index in [1.807, 2.05) is 0 Å². The summed E-state index contributed by atoms with van der Waals surface area (Å²) in [6.45, 7) is 0.926. The first-order valence-electron chi connectivity index (χ1n) is 6.38. The quantitative estimate of drug-likeness (QED) is 0.788. The Kier molecular flexibility index (Phi) is 4.89. The van der Waals surface area contributed by atoms with E-state index in [9.17, 15) is 9.18 Å². The molecule has 1 heterocycles. The number of halogens is 1. The van der Waals surface area contributed by atoms with E-state index < -0.39 is 11.8 Å². The largest absolute Gasteiger partial charge is 0.465 e. The van der Waals surface area contributed by atoms with Gasteiger partial charge in [0.15, 0.2) is 0 Å². The van der Waals surface area contributed by atoms with Crippen molar-refractivity contribution in [2.75, 3.05) is 19.0 Å². The highest BCUT2D eigenvalue weighted by atomic mass is 19.1. The first kappa shape index (κ1) is 15.0. The maximum Gasteiger partial charge on any atom is 0.340 e. The molecule has 0 atom stereocenters. The highest BCUT2D eigenvalue weighted by Gasteiger charge is 2.12. The van der Waals surface area contributed by atoms with Gasteiger partial charge in [0, 0.05) is 24.0 Å². The Hall–Kier alpha value is -2.41. The van der Waals surface area contributed by atoms with E-state index in [1.54, 1.807) is 23.1 Å². The first-order chi connectivity index (χ1) is 10.1. The van der Waals surface area contributed by atoms with Crippen molar-refractivity contribution >= 4 is 11.7 Å². The van der Waals surface area contributed by atoms with Crippen molar-refractivity contribution in [2.24, 2.45) is 0 Å². The van der Waals surface area contributed by atoms with Gasteiger partial charge in [-0.25, -0.2) is 9.18 Å². The summed E-state index contributed by atoms with van der Waals surface area (Å²) in [5.74, 6) is -1.34. The third-order valence-corrected chi connectivity index (χ3v) is 2.88. The molecule has 0 aliphatic heterocycles. The average molecular weight is 293 g/mol. The van der Waals surface area contributed by atoms with Gasteiger partial charge in [-0.2, -0.15) is 5.10 Å². The van der Waals surface area contributed by atoms with E-state index in [0.29, 0.717) is 18.8 Å². The lowest BCUT2D eigenvalue weighted by Crippen LogP contribution is -2.06. The summed E-state index contributed by atoms with van der Waals surface area (Å²) in [5.41, 5.74) is 1.40. The Balaban J connectivity index is 2.04. The fourth-order valence-corrected chi connectivity index (χ4v) is 1.83. The molecule has 0 bridgehead atoms. The van der Waals surface area contributed by atoms with E-state index >= 15 is 0 Å². The second-order valence-corrected chi connectivity index (χ2v) is 4.38. The molecule has 0 fully saturated rings. The van der Waals surface area contributed by atoms with Crippen LogP contribution in [0.3, 0.4) is 0 Å². The van der Waals surface area contributed by atoms with E-state index in [2.05, 4.69) is 15.2 Å². The minimum Gasteiger partial charge on any atom is -0.465 e. The standard InChI is InChI=1S/C14H16FN3O3/c1-21-14(20)12-6-11(2-3-13(12)15)16-7-10-8-17-18(9-10)4-5-19/h2-3,6,8-9,16,19H,4-5,7H2,1H3. The van der Waals surface area contributed by atoms with Crippen LogP contribution < -0.4 is 5.32 Å². The molecule has 2 N–H and O–H groups in total. The van der Waals surface area contributed by atoms with Gasteiger partial charge >= 0.3 is 5.97 Å². The van der Waals surface area contributed by atoms with Crippen LogP contribution in [0.2, 0.25) is 0 Å². The molecule has 0 saturated carbocycles. The van der Waals surface area contributed by atoms with Crippen molar-refractivity contribution in [3.63, 3.8) is 0 Å². The Bertz CT molecular complexity index is 628. The molecule has 6 nitrogen and oxygen atoms in total. The van der Waals surface area contributed by atoms with Gasteiger partial charge < -0.3 is 15.2 Å². The normalized spacial score (nSPS) is 10.4. The fraction of sp³-hybridized carbons (Fsp3) is 0.286. The summed E-state index contributed by atoms with van der Waals surface area (Å²) in [6, 6.07) is 4.16. The molecule has 1 aromatic heterocycles. The number of methoxy groups -OCH3 is 1. The number of nitrogens with zero attached hydrogens (tertiary/aromatic N) is 2. The summed E-state index contributed by atoms with van der Waals surface area (Å²) >= 11 is 0. The monoisotopic (exact) mass is 293 g/mol. The summed E-state index contributed by atoms with van der Waals surface area (Å²) in [7, 11) is 1.21. The highest BCUT2D eigenvalue weighted by Crippen LogP contribution is 2.16. The molecular weight excluding hydrogens is 277 g/mol. The number of hydrogen-bond acceptors (Lipinski definition) is 5. The number of rotatable bonds is 6. The molecule has 7 heteroatoms. The number of esters is 1. The van der Waals surface area contributed by atoms with Crippen molar-refractivity contribution in [3.8, 4) is 0 Å². The number of aliphatic hydroxyl groups excluding tert-OH is 1. The van der Waals surface area contributed by atoms with Gasteiger partial charge in [0.2, 0.25) is 0 Å². The van der Waals surface area contributed by atoms with Crippen LogP contribution in [0.5, 0.6) is 0 Å². The fourth-order valence-electron chi connectivity index (χ4n) is 1.83. The number of benzene rings is 1. The number of carbonyl (C=O) groups is 1. The molecule has 2 rings (SSSR count). The zero-order chi connectivity index (χ0) is 15.2. The van der Waals surface area contributed by atoms with Gasteiger partial charge in [-0.3, -0.25) is 4.68 Å². The van der Waals surface area contributed by atoms with Crippen LogP contribution >= 0.6 is 0 Å². The molecule has 0 saturated heterocycles. The van der Waals surface area contributed by atoms with Crippen molar-refractivity contribution in [1.82, 2.24) is 9.78 Å². The topological polar surface area (TPSA) is 76.4 Å². The lowest BCUT2D eigenvalue weighted by atomic mass is 10.2. The lowest BCUT2D eigenvalue weighted by molar-refractivity contribution is 0.0595. The van der Waals surface area contributed by atoms with Crippen molar-refractivity contribution < 1.29 is 19.0 Å². The summed E-state index contributed by atoms with van der Waals surface area (Å²) < 4.78 is 19.6. The van der Waals surface area contributed by atoms with Crippen molar-refractivity contribution in [3.05, 3.63) is 47.5 Å². The van der Waals surface area contributed by atoms with Crippen LogP contribution in [-0.2, 0) is 17.8 Å². The smallest absolute Gasteiger partial charge is 0.340 e. The third-order valence-electron chi connectivity index (χ3n) is 2.88. The lowest BCUT2D eigenvalue weighted by Gasteiger charge is -2.07. The zero-order valence-electron chi connectivity index (χ0n) is 11.5. The minimum absolute atomic E-state index is 0.0228. The highest BCUT2D eigenvalue weighted by molar-refractivity contribution is 5.90. The van der Waals surface area contributed by atoms with Gasteiger partial charge in [0.25, 0.3) is 0 Å². The molecule has 0 aliphatic rings. The number of nitrogens with one attached hydrogen (secondary N) is 1. The van der Waals surface area contributed by atoms with Gasteiger partial charge in [-0.15, -0.1) is 0 Å². The van der Waals surface area contributed by atoms with Crippen LogP contribution in [0.25, 0.3) is 0 Å². The van der Waals surface area contributed by atoms with E-state index in [1.165, 1.54) is 19.2 Å². The average Bonchev–Trinajstić information content (AvgIpc) is 2.94. The Labute approximate surface area is 121 Å². The van der Waals surface area contributed by atoms with E-state index in [4.69, 9.17) is 5.11 Å². The summed E-state index contributed by atoms with van der Waals surface area (Å²) in [4.78, 5) is 11.4. The van der Waals surface area contributed by atoms with Crippen molar-refractivity contribution in [2.45, 2.75) is 13.1 Å². The van der Waals surface area contributed by atoms with E-state index in [0.717, 1.165) is 5.56 Å². The minimum atomic E-state index is -0.716. The summed E-state index contributed by atoms with van der Waals surface area (Å²) in [6.07, 6.45) is 3.47. The molecule has 21 heavy (non-hydrogen) atoms. The molecular formula is C14H16FN3O3. The molecule has 112 valence electrons. The van der Waals surface area contributed by atoms with Gasteiger partial charge in [0.05, 0.1) is 32.0 Å². The van der Waals surface area contributed by atoms with Crippen LogP contribution in [0.4, 0.5) is 10.1 Å². The molecule has 0 amide bonds. The maximum atomic E-state index is 13.5. The number of anilines is 1. The van der Waals surface area contributed by atoms with Crippen LogP contribution in [0.15, 0.2) is 30.6 Å². The van der Waals surface area contributed by atoms with Gasteiger partial charge in [-0.05, 0) is 18.2 Å². The SMILES string of the molecule is COC(=O)c1cc(NCc2cnn(CCO)c2)ccc1F. The molecule has 2 aromatic rings. The molecule has 0 unspecified atom stereocenters. The number of aromatic nitrogens is 2. The molecule has 0 aliphatic carbocycles. The first-order valence-corrected chi connectivity index (χ1v) is 6.38. The second-order valence-electron chi connectivity index (χ2n) is 4.38. The Morgan fingerprint density at radius 2 is 2.33 bits per heavy atom. The van der Waals surface area contributed by atoms with Gasteiger partial charge in [-0.1, -0.05) is 0 Å². The Morgan fingerprint density at radius 3 is 3.05 bits per heavy atom. The predicted octanol–water partition coefficient (Wildman–Crippen LogP) is 1.41. The van der Waals surface area contributed by atoms with Crippen LogP contribution in [0, 0.1) is 5.82 Å². The maximum absolute atomic E-state index is 13.5.